The molecule has 0 bridgehead atoms. The van der Waals surface area contributed by atoms with Gasteiger partial charge in [-0.1, -0.05) is 19.1 Å². The fourth-order valence-electron chi connectivity index (χ4n) is 4.46. The van der Waals surface area contributed by atoms with Crippen LogP contribution in [0.3, 0.4) is 0 Å². The maximum atomic E-state index is 13.1. The third-order valence-corrected chi connectivity index (χ3v) is 8.70. The average Bonchev–Trinajstić information content (AvgIpc) is 2.82. The summed E-state index contributed by atoms with van der Waals surface area (Å²) in [4.78, 5) is 27.1. The topological polar surface area (TPSA) is 96.0 Å². The predicted octanol–water partition coefficient (Wildman–Crippen LogP) is 2.11. The van der Waals surface area contributed by atoms with E-state index in [-0.39, 0.29) is 35.4 Å². The van der Waals surface area contributed by atoms with Crippen LogP contribution in [0.25, 0.3) is 0 Å². The zero-order valence-electron chi connectivity index (χ0n) is 19.2. The molecule has 0 saturated carbocycles. The van der Waals surface area contributed by atoms with Gasteiger partial charge < -0.3 is 10.1 Å². The number of nitrogens with zero attached hydrogens (tertiary/aromatic N) is 2. The molecular formula is C23H35N3O5S. The molecule has 2 fully saturated rings. The molecule has 32 heavy (non-hydrogen) atoms. The highest BCUT2D eigenvalue weighted by atomic mass is 32.2. The summed E-state index contributed by atoms with van der Waals surface area (Å²) < 4.78 is 32.3. The van der Waals surface area contributed by atoms with Gasteiger partial charge in [0.05, 0.1) is 17.6 Å². The zero-order chi connectivity index (χ0) is 23.3. The summed E-state index contributed by atoms with van der Waals surface area (Å²) in [5.74, 6) is -0.120. The quantitative estimate of drug-likeness (QED) is 0.620. The summed E-state index contributed by atoms with van der Waals surface area (Å²) in [6.07, 6.45) is 3.32. The molecule has 1 aromatic rings. The number of esters is 1. The number of carbonyl (C=O) groups is 2. The molecule has 1 aromatic carbocycles. The van der Waals surface area contributed by atoms with Crippen molar-refractivity contribution in [3.05, 3.63) is 29.8 Å². The molecule has 2 aliphatic rings. The van der Waals surface area contributed by atoms with E-state index in [2.05, 4.69) is 24.1 Å². The van der Waals surface area contributed by atoms with Crippen molar-refractivity contribution >= 4 is 21.9 Å². The fraction of sp³-hybridized carbons (Fsp3) is 0.652. The number of carbonyl (C=O) groups excluding carboxylic acids is 2. The smallest absolute Gasteiger partial charge is 0.339 e. The Balaban J connectivity index is 1.53. The SMILES string of the molecule is COC(=O)c1ccccc1S(=O)(=O)N1CCC(C(=O)NCC(C)N2CCC(C)CC2)CC1. The summed E-state index contributed by atoms with van der Waals surface area (Å²) >= 11 is 0. The van der Waals surface area contributed by atoms with Crippen molar-refractivity contribution in [1.82, 2.24) is 14.5 Å². The number of nitrogens with one attached hydrogen (secondary N) is 1. The molecule has 2 heterocycles. The van der Waals surface area contributed by atoms with Crippen molar-refractivity contribution in [1.29, 1.82) is 0 Å². The minimum atomic E-state index is -3.85. The van der Waals surface area contributed by atoms with Crippen LogP contribution in [0.5, 0.6) is 0 Å². The predicted molar refractivity (Wildman–Crippen MR) is 122 cm³/mol. The number of piperidine rings is 2. The van der Waals surface area contributed by atoms with Gasteiger partial charge in [0.15, 0.2) is 0 Å². The highest BCUT2D eigenvalue weighted by molar-refractivity contribution is 7.89. The first kappa shape index (κ1) is 24.7. The Morgan fingerprint density at radius 3 is 2.34 bits per heavy atom. The summed E-state index contributed by atoms with van der Waals surface area (Å²) in [6, 6.07) is 6.35. The van der Waals surface area contributed by atoms with Crippen LogP contribution < -0.4 is 5.32 Å². The van der Waals surface area contributed by atoms with Gasteiger partial charge in [0.2, 0.25) is 15.9 Å². The number of ether oxygens (including phenoxy) is 1. The number of amides is 1. The minimum Gasteiger partial charge on any atom is -0.465 e. The summed E-state index contributed by atoms with van der Waals surface area (Å²) in [5.41, 5.74) is 0.0240. The van der Waals surface area contributed by atoms with E-state index < -0.39 is 16.0 Å². The Hall–Kier alpha value is -1.97. The standard InChI is InChI=1S/C23H35N3O5S/c1-17-8-12-25(13-9-17)18(2)16-24-22(27)19-10-14-26(15-11-19)32(29,30)21-7-5-4-6-20(21)23(28)31-3/h4-7,17-19H,8-16H2,1-3H3,(H,24,27). The van der Waals surface area contributed by atoms with Crippen LogP contribution in [-0.4, -0.2) is 75.4 Å². The van der Waals surface area contributed by atoms with Crippen LogP contribution in [-0.2, 0) is 19.6 Å². The molecule has 0 aromatic heterocycles. The average molecular weight is 466 g/mol. The summed E-state index contributed by atoms with van der Waals surface area (Å²) in [5, 5.41) is 3.07. The maximum Gasteiger partial charge on any atom is 0.339 e. The Bertz CT molecular complexity index is 904. The summed E-state index contributed by atoms with van der Waals surface area (Å²) in [7, 11) is -2.62. The van der Waals surface area contributed by atoms with E-state index in [9.17, 15) is 18.0 Å². The minimum absolute atomic E-state index is 0.00534. The summed E-state index contributed by atoms with van der Waals surface area (Å²) in [6.45, 7) is 7.67. The molecule has 1 atom stereocenters. The Labute approximate surface area is 191 Å². The molecule has 0 spiro atoms. The molecule has 0 radical (unpaired) electrons. The molecule has 8 nitrogen and oxygen atoms in total. The van der Waals surface area contributed by atoms with Crippen LogP contribution in [0.1, 0.15) is 49.9 Å². The van der Waals surface area contributed by atoms with Crippen molar-refractivity contribution < 1.29 is 22.7 Å². The molecule has 2 saturated heterocycles. The number of benzene rings is 1. The van der Waals surface area contributed by atoms with E-state index in [1.54, 1.807) is 12.1 Å². The monoisotopic (exact) mass is 465 g/mol. The molecule has 0 aliphatic carbocycles. The van der Waals surface area contributed by atoms with Crippen LogP contribution >= 0.6 is 0 Å². The highest BCUT2D eigenvalue weighted by Crippen LogP contribution is 2.26. The maximum absolute atomic E-state index is 13.1. The number of hydrogen-bond acceptors (Lipinski definition) is 6. The van der Waals surface area contributed by atoms with Crippen LogP contribution in [0.15, 0.2) is 29.2 Å². The third-order valence-electron chi connectivity index (χ3n) is 6.75. The fourth-order valence-corrected chi connectivity index (χ4v) is 6.11. The van der Waals surface area contributed by atoms with E-state index in [1.165, 1.54) is 36.4 Å². The van der Waals surface area contributed by atoms with Crippen LogP contribution in [0.2, 0.25) is 0 Å². The lowest BCUT2D eigenvalue weighted by Gasteiger charge is -2.35. The second-order valence-corrected chi connectivity index (χ2v) is 10.9. The van der Waals surface area contributed by atoms with Crippen molar-refractivity contribution in [3.8, 4) is 0 Å². The van der Waals surface area contributed by atoms with Crippen LogP contribution in [0.4, 0.5) is 0 Å². The molecule has 1 N–H and O–H groups in total. The first-order chi connectivity index (χ1) is 15.2. The number of likely N-dealkylation sites (tertiary alicyclic amines) is 1. The van der Waals surface area contributed by atoms with E-state index in [4.69, 9.17) is 4.74 Å². The first-order valence-electron chi connectivity index (χ1n) is 11.4. The van der Waals surface area contributed by atoms with E-state index in [0.29, 0.717) is 25.4 Å². The van der Waals surface area contributed by atoms with Gasteiger partial charge in [-0.3, -0.25) is 9.69 Å². The molecule has 1 amide bonds. The molecule has 9 heteroatoms. The number of sulfonamides is 1. The van der Waals surface area contributed by atoms with E-state index >= 15 is 0 Å². The van der Waals surface area contributed by atoms with Crippen molar-refractivity contribution in [2.45, 2.75) is 50.5 Å². The lowest BCUT2D eigenvalue weighted by molar-refractivity contribution is -0.126. The second-order valence-electron chi connectivity index (χ2n) is 8.98. The molecule has 178 valence electrons. The molecule has 1 unspecified atom stereocenters. The lowest BCUT2D eigenvalue weighted by Crippen LogP contribution is -2.48. The van der Waals surface area contributed by atoms with Crippen molar-refractivity contribution in [2.24, 2.45) is 11.8 Å². The van der Waals surface area contributed by atoms with E-state index in [1.807, 2.05) is 0 Å². The van der Waals surface area contributed by atoms with Crippen LogP contribution in [0, 0.1) is 11.8 Å². The van der Waals surface area contributed by atoms with Gasteiger partial charge in [0.1, 0.15) is 0 Å². The van der Waals surface area contributed by atoms with Gasteiger partial charge in [-0.05, 0) is 63.7 Å². The van der Waals surface area contributed by atoms with Gasteiger partial charge in [0.25, 0.3) is 0 Å². The zero-order valence-corrected chi connectivity index (χ0v) is 20.1. The second kappa shape index (κ2) is 10.8. The Morgan fingerprint density at radius 1 is 1.09 bits per heavy atom. The highest BCUT2D eigenvalue weighted by Gasteiger charge is 2.34. The van der Waals surface area contributed by atoms with E-state index in [0.717, 1.165) is 19.0 Å². The van der Waals surface area contributed by atoms with Crippen molar-refractivity contribution in [3.63, 3.8) is 0 Å². The van der Waals surface area contributed by atoms with Gasteiger partial charge in [-0.2, -0.15) is 4.31 Å². The number of methoxy groups -OCH3 is 1. The molecule has 2 aliphatic heterocycles. The van der Waals surface area contributed by atoms with Gasteiger partial charge in [-0.25, -0.2) is 13.2 Å². The molecular weight excluding hydrogens is 430 g/mol. The largest absolute Gasteiger partial charge is 0.465 e. The Morgan fingerprint density at radius 2 is 1.72 bits per heavy atom. The molecule has 3 rings (SSSR count). The van der Waals surface area contributed by atoms with Gasteiger partial charge >= 0.3 is 5.97 Å². The Kier molecular flexibility index (Phi) is 8.30. The lowest BCUT2D eigenvalue weighted by atomic mass is 9.96. The third kappa shape index (κ3) is 5.68. The normalized spacial score (nSPS) is 20.6. The first-order valence-corrected chi connectivity index (χ1v) is 12.9. The van der Waals surface area contributed by atoms with Crippen molar-refractivity contribution in [2.75, 3.05) is 39.8 Å². The van der Waals surface area contributed by atoms with Gasteiger partial charge in [-0.15, -0.1) is 0 Å². The number of hydrogen-bond donors (Lipinski definition) is 1. The van der Waals surface area contributed by atoms with Gasteiger partial charge in [0, 0.05) is 31.6 Å². The number of rotatable bonds is 7.